The van der Waals surface area contributed by atoms with Gasteiger partial charge in [-0.1, -0.05) is 6.08 Å². The van der Waals surface area contributed by atoms with Crippen molar-refractivity contribution in [3.8, 4) is 0 Å². The number of amidine groups is 1. The summed E-state index contributed by atoms with van der Waals surface area (Å²) in [6.07, 6.45) is 11.0. The fraction of sp³-hybridized carbons (Fsp3) is 0.263. The second kappa shape index (κ2) is 8.73. The van der Waals surface area contributed by atoms with Crippen LogP contribution in [-0.2, 0) is 7.05 Å². The summed E-state index contributed by atoms with van der Waals surface area (Å²) in [6, 6.07) is 3.87. The summed E-state index contributed by atoms with van der Waals surface area (Å²) in [5.41, 5.74) is 4.74. The maximum absolute atomic E-state index is 4.56. The molecule has 0 unspecified atom stereocenters. The number of nitrogens with zero attached hydrogens (tertiary/aromatic N) is 5. The average molecular weight is 336 g/mol. The molecule has 2 rings (SSSR count). The van der Waals surface area contributed by atoms with Crippen molar-refractivity contribution in [1.82, 2.24) is 14.8 Å². The van der Waals surface area contributed by atoms with Gasteiger partial charge in [-0.2, -0.15) is 5.10 Å². The van der Waals surface area contributed by atoms with E-state index in [2.05, 4.69) is 25.4 Å². The molecule has 130 valence electrons. The van der Waals surface area contributed by atoms with E-state index in [1.807, 2.05) is 71.5 Å². The Balaban J connectivity index is 2.24. The maximum atomic E-state index is 4.56. The van der Waals surface area contributed by atoms with Crippen molar-refractivity contribution in [2.45, 2.75) is 27.7 Å². The predicted octanol–water partition coefficient (Wildman–Crippen LogP) is 3.99. The standard InChI is InChI=1S/C19H24N6/c1-6-8-21-19(24-18-7-9-20-15(3)10-18)16(4)22-11-14(2)17-12-23-25(5)13-17/h6-13H,1-5H3,(H,20,21,24)/b8-6-,14-11+,22-16?. The Bertz CT molecular complexity index is 839. The number of anilines is 1. The number of nitrogens with one attached hydrogen (secondary N) is 1. The van der Waals surface area contributed by atoms with Crippen molar-refractivity contribution in [3.63, 3.8) is 0 Å². The Hall–Kier alpha value is -3.02. The molecule has 2 aromatic heterocycles. The van der Waals surface area contributed by atoms with Gasteiger partial charge >= 0.3 is 0 Å². The average Bonchev–Trinajstić information content (AvgIpc) is 3.02. The first-order chi connectivity index (χ1) is 12.0. The number of hydrogen-bond donors (Lipinski definition) is 1. The van der Waals surface area contributed by atoms with Crippen LogP contribution in [0.25, 0.3) is 5.57 Å². The molecule has 0 spiro atoms. The lowest BCUT2D eigenvalue weighted by atomic mass is 10.2. The number of aryl methyl sites for hydroxylation is 2. The highest BCUT2D eigenvalue weighted by atomic mass is 15.2. The minimum absolute atomic E-state index is 0.693. The highest BCUT2D eigenvalue weighted by molar-refractivity contribution is 6.45. The lowest BCUT2D eigenvalue weighted by Gasteiger charge is -2.09. The van der Waals surface area contributed by atoms with Crippen LogP contribution in [0.2, 0.25) is 0 Å². The van der Waals surface area contributed by atoms with Crippen LogP contribution in [0.4, 0.5) is 5.69 Å². The molecule has 0 fully saturated rings. The zero-order valence-electron chi connectivity index (χ0n) is 15.4. The van der Waals surface area contributed by atoms with E-state index in [0.29, 0.717) is 5.84 Å². The van der Waals surface area contributed by atoms with E-state index in [0.717, 1.165) is 28.2 Å². The minimum atomic E-state index is 0.693. The van der Waals surface area contributed by atoms with Crippen LogP contribution < -0.4 is 5.32 Å². The van der Waals surface area contributed by atoms with Gasteiger partial charge in [0.25, 0.3) is 0 Å². The summed E-state index contributed by atoms with van der Waals surface area (Å²) in [4.78, 5) is 13.2. The monoisotopic (exact) mass is 336 g/mol. The molecule has 25 heavy (non-hydrogen) atoms. The largest absolute Gasteiger partial charge is 0.339 e. The molecule has 0 aromatic carbocycles. The lowest BCUT2D eigenvalue weighted by Crippen LogP contribution is -2.20. The molecule has 2 aromatic rings. The van der Waals surface area contributed by atoms with Crippen molar-refractivity contribution in [3.05, 3.63) is 60.5 Å². The summed E-state index contributed by atoms with van der Waals surface area (Å²) >= 11 is 0. The van der Waals surface area contributed by atoms with Crippen molar-refractivity contribution < 1.29 is 0 Å². The number of aromatic nitrogens is 3. The van der Waals surface area contributed by atoms with Crippen LogP contribution in [0, 0.1) is 6.92 Å². The molecular formula is C19H24N6. The highest BCUT2D eigenvalue weighted by Gasteiger charge is 2.05. The molecule has 6 heteroatoms. The van der Waals surface area contributed by atoms with Gasteiger partial charge in [-0.3, -0.25) is 14.7 Å². The molecule has 0 saturated carbocycles. The summed E-state index contributed by atoms with van der Waals surface area (Å²) in [5, 5.41) is 7.49. The molecule has 0 aliphatic carbocycles. The van der Waals surface area contributed by atoms with Gasteiger partial charge < -0.3 is 5.32 Å². The first-order valence-electron chi connectivity index (χ1n) is 8.09. The third-order valence-corrected chi connectivity index (χ3v) is 3.47. The van der Waals surface area contributed by atoms with Gasteiger partial charge in [0, 0.05) is 48.8 Å². The molecule has 0 saturated heterocycles. The maximum Gasteiger partial charge on any atom is 0.151 e. The molecule has 0 radical (unpaired) electrons. The van der Waals surface area contributed by atoms with Crippen molar-refractivity contribution in [2.75, 3.05) is 5.32 Å². The van der Waals surface area contributed by atoms with E-state index in [1.54, 1.807) is 17.1 Å². The molecule has 0 bridgehead atoms. The quantitative estimate of drug-likeness (QED) is 0.663. The van der Waals surface area contributed by atoms with E-state index < -0.39 is 0 Å². The van der Waals surface area contributed by atoms with Crippen LogP contribution in [-0.4, -0.2) is 26.3 Å². The normalized spacial score (nSPS) is 13.6. The Morgan fingerprint density at radius 2 is 2.08 bits per heavy atom. The van der Waals surface area contributed by atoms with Gasteiger partial charge in [0.2, 0.25) is 0 Å². The van der Waals surface area contributed by atoms with Gasteiger partial charge in [-0.05, 0) is 45.4 Å². The summed E-state index contributed by atoms with van der Waals surface area (Å²) in [6.45, 7) is 7.82. The zero-order chi connectivity index (χ0) is 18.2. The third kappa shape index (κ3) is 5.53. The van der Waals surface area contributed by atoms with Gasteiger partial charge in [-0.15, -0.1) is 0 Å². The van der Waals surface area contributed by atoms with Crippen LogP contribution in [0.3, 0.4) is 0 Å². The van der Waals surface area contributed by atoms with Crippen LogP contribution in [0.1, 0.15) is 32.0 Å². The number of hydrogen-bond acceptors (Lipinski definition) is 4. The summed E-state index contributed by atoms with van der Waals surface area (Å²) in [5.74, 6) is 0.693. The molecule has 0 aliphatic rings. The zero-order valence-corrected chi connectivity index (χ0v) is 15.4. The second-order valence-electron chi connectivity index (χ2n) is 5.70. The van der Waals surface area contributed by atoms with Crippen molar-refractivity contribution in [2.24, 2.45) is 17.0 Å². The van der Waals surface area contributed by atoms with Crippen LogP contribution in [0.15, 0.2) is 59.2 Å². The molecule has 2 heterocycles. The highest BCUT2D eigenvalue weighted by Crippen LogP contribution is 2.12. The summed E-state index contributed by atoms with van der Waals surface area (Å²) < 4.78 is 1.77. The van der Waals surface area contributed by atoms with Gasteiger partial charge in [-0.25, -0.2) is 4.99 Å². The van der Waals surface area contributed by atoms with Crippen molar-refractivity contribution in [1.29, 1.82) is 0 Å². The van der Waals surface area contributed by atoms with Crippen molar-refractivity contribution >= 4 is 22.8 Å². The molecule has 0 atom stereocenters. The molecule has 1 N–H and O–H groups in total. The number of aliphatic imine (C=N–C) groups is 2. The topological polar surface area (TPSA) is 67.5 Å². The SMILES string of the molecule is C/C=C\N=C(Nc1ccnc(C)c1)C(C)=N/C=C(\C)c1cnn(C)c1. The van der Waals surface area contributed by atoms with Gasteiger partial charge in [0.05, 0.1) is 11.9 Å². The minimum Gasteiger partial charge on any atom is -0.339 e. The Morgan fingerprint density at radius 1 is 1.28 bits per heavy atom. The Kier molecular flexibility index (Phi) is 6.39. The first kappa shape index (κ1) is 18.3. The fourth-order valence-electron chi connectivity index (χ4n) is 2.08. The fourth-order valence-corrected chi connectivity index (χ4v) is 2.08. The predicted molar refractivity (Wildman–Crippen MR) is 105 cm³/mol. The first-order valence-corrected chi connectivity index (χ1v) is 8.09. The number of pyridine rings is 1. The van der Waals surface area contributed by atoms with Gasteiger partial charge in [0.15, 0.2) is 5.84 Å². The van der Waals surface area contributed by atoms with E-state index >= 15 is 0 Å². The second-order valence-corrected chi connectivity index (χ2v) is 5.70. The third-order valence-electron chi connectivity index (χ3n) is 3.47. The van der Waals surface area contributed by atoms with Gasteiger partial charge in [0.1, 0.15) is 0 Å². The summed E-state index contributed by atoms with van der Waals surface area (Å²) in [7, 11) is 1.90. The van der Waals surface area contributed by atoms with E-state index in [4.69, 9.17) is 0 Å². The number of rotatable bonds is 5. The van der Waals surface area contributed by atoms with E-state index in [1.165, 1.54) is 0 Å². The lowest BCUT2D eigenvalue weighted by molar-refractivity contribution is 0.767. The molecule has 0 aliphatic heterocycles. The number of allylic oxidation sites excluding steroid dienone is 2. The Morgan fingerprint density at radius 3 is 2.72 bits per heavy atom. The smallest absolute Gasteiger partial charge is 0.151 e. The van der Waals surface area contributed by atoms with Crippen LogP contribution >= 0.6 is 0 Å². The molecule has 6 nitrogen and oxygen atoms in total. The molecule has 0 amide bonds. The van der Waals surface area contributed by atoms with Crippen LogP contribution in [0.5, 0.6) is 0 Å². The molecular weight excluding hydrogens is 312 g/mol. The van der Waals surface area contributed by atoms with E-state index in [9.17, 15) is 0 Å². The van der Waals surface area contributed by atoms with E-state index in [-0.39, 0.29) is 0 Å². The Labute approximate surface area is 148 Å².